The number of ether oxygens (including phenoxy) is 1. The van der Waals surface area contributed by atoms with Gasteiger partial charge < -0.3 is 26.0 Å². The number of carbonyl (C=O) groups is 1. The van der Waals surface area contributed by atoms with Crippen LogP contribution in [0.3, 0.4) is 0 Å². The van der Waals surface area contributed by atoms with Gasteiger partial charge in [-0.15, -0.1) is 0 Å². The van der Waals surface area contributed by atoms with Gasteiger partial charge in [0.2, 0.25) is 5.88 Å². The van der Waals surface area contributed by atoms with Gasteiger partial charge in [0.1, 0.15) is 5.69 Å². The highest BCUT2D eigenvalue weighted by molar-refractivity contribution is 6.31. The van der Waals surface area contributed by atoms with E-state index in [4.69, 9.17) is 33.7 Å². The number of anilines is 2. The standard InChI is InChI=1S/C23H28Cl2N8O2/c24-15-9-17(22(28-11-15)35-8-2-1-6-32-7-5-16(26)13-32)29-23(34)30-18-12-27-20-10-19(25)31-33(20)21(18)14-3-4-14/h9-12,14,16H,1-8,13,26H2,(H2,29,30,34)/t16-/m1/s1. The molecule has 1 saturated carbocycles. The van der Waals surface area contributed by atoms with Crippen molar-refractivity contribution < 1.29 is 9.53 Å². The maximum absolute atomic E-state index is 12.9. The third kappa shape index (κ3) is 5.95. The largest absolute Gasteiger partial charge is 0.476 e. The third-order valence-corrected chi connectivity index (χ3v) is 6.58. The normalized spacial score (nSPS) is 18.2. The van der Waals surface area contributed by atoms with Gasteiger partial charge in [0, 0.05) is 30.8 Å². The van der Waals surface area contributed by atoms with Gasteiger partial charge in [-0.2, -0.15) is 5.10 Å². The SMILES string of the molecule is N[C@@H]1CCN(CCCCOc2ncc(Cl)cc2NC(=O)Nc2cnc3cc(Cl)nn3c2C2CC2)C1. The summed E-state index contributed by atoms with van der Waals surface area (Å²) in [7, 11) is 0. The molecule has 3 aromatic heterocycles. The van der Waals surface area contributed by atoms with E-state index < -0.39 is 6.03 Å². The van der Waals surface area contributed by atoms with E-state index in [9.17, 15) is 4.79 Å². The molecule has 0 bridgehead atoms. The maximum Gasteiger partial charge on any atom is 0.323 e. The van der Waals surface area contributed by atoms with Crippen LogP contribution in [0, 0.1) is 0 Å². The predicted octanol–water partition coefficient (Wildman–Crippen LogP) is 4.14. The second kappa shape index (κ2) is 10.5. The van der Waals surface area contributed by atoms with Crippen molar-refractivity contribution in [2.45, 2.75) is 44.1 Å². The van der Waals surface area contributed by atoms with Crippen molar-refractivity contribution in [1.82, 2.24) is 24.5 Å². The summed E-state index contributed by atoms with van der Waals surface area (Å²) in [6, 6.07) is 3.15. The molecule has 10 nitrogen and oxygen atoms in total. The average molecular weight is 519 g/mol. The summed E-state index contributed by atoms with van der Waals surface area (Å²) >= 11 is 12.2. The van der Waals surface area contributed by atoms with Crippen molar-refractivity contribution in [3.8, 4) is 5.88 Å². The van der Waals surface area contributed by atoms with Crippen LogP contribution >= 0.6 is 23.2 Å². The zero-order chi connectivity index (χ0) is 24.4. The highest BCUT2D eigenvalue weighted by Gasteiger charge is 2.30. The van der Waals surface area contributed by atoms with Gasteiger partial charge in [0.05, 0.1) is 29.2 Å². The molecular weight excluding hydrogens is 491 g/mol. The Hall–Kier alpha value is -2.66. The molecule has 0 radical (unpaired) electrons. The number of pyridine rings is 1. The zero-order valence-corrected chi connectivity index (χ0v) is 20.7. The molecule has 35 heavy (non-hydrogen) atoms. The van der Waals surface area contributed by atoms with Gasteiger partial charge in [-0.1, -0.05) is 23.2 Å². The molecule has 0 spiro atoms. The van der Waals surface area contributed by atoms with Crippen molar-refractivity contribution in [2.75, 3.05) is 36.9 Å². The average Bonchev–Trinajstić information content (AvgIpc) is 3.45. The van der Waals surface area contributed by atoms with E-state index in [1.807, 2.05) is 0 Å². The Morgan fingerprint density at radius 3 is 2.71 bits per heavy atom. The monoisotopic (exact) mass is 518 g/mol. The van der Waals surface area contributed by atoms with E-state index in [1.165, 1.54) is 6.20 Å². The van der Waals surface area contributed by atoms with Crippen LogP contribution in [0.2, 0.25) is 10.2 Å². The number of unbranched alkanes of at least 4 members (excludes halogenated alkanes) is 1. The number of urea groups is 1. The lowest BCUT2D eigenvalue weighted by molar-refractivity contribution is 0.261. The number of hydrogen-bond acceptors (Lipinski definition) is 7. The number of hydrogen-bond donors (Lipinski definition) is 3. The van der Waals surface area contributed by atoms with E-state index in [2.05, 4.69) is 30.6 Å². The zero-order valence-electron chi connectivity index (χ0n) is 19.2. The predicted molar refractivity (Wildman–Crippen MR) is 136 cm³/mol. The second-order valence-electron chi connectivity index (χ2n) is 9.06. The molecule has 2 aliphatic rings. The Bertz CT molecular complexity index is 1220. The molecule has 4 heterocycles. The van der Waals surface area contributed by atoms with E-state index in [0.29, 0.717) is 51.6 Å². The fraction of sp³-hybridized carbons (Fsp3) is 0.478. The number of aromatic nitrogens is 4. The van der Waals surface area contributed by atoms with Crippen LogP contribution in [0.1, 0.15) is 43.7 Å². The van der Waals surface area contributed by atoms with E-state index in [0.717, 1.165) is 57.4 Å². The van der Waals surface area contributed by atoms with Crippen molar-refractivity contribution >= 4 is 46.3 Å². The molecule has 4 N–H and O–H groups in total. The summed E-state index contributed by atoms with van der Waals surface area (Å²) in [6.45, 7) is 3.50. The topological polar surface area (TPSA) is 123 Å². The minimum absolute atomic E-state index is 0.291. The molecule has 0 unspecified atom stereocenters. The fourth-order valence-electron chi connectivity index (χ4n) is 4.35. The number of nitrogens with zero attached hydrogens (tertiary/aromatic N) is 5. The molecule has 1 atom stereocenters. The summed E-state index contributed by atoms with van der Waals surface area (Å²) in [4.78, 5) is 23.9. The molecule has 1 aliphatic heterocycles. The van der Waals surface area contributed by atoms with E-state index in [-0.39, 0.29) is 0 Å². The Labute approximate surface area is 213 Å². The highest BCUT2D eigenvalue weighted by Crippen LogP contribution is 2.43. The van der Waals surface area contributed by atoms with Crippen molar-refractivity contribution in [1.29, 1.82) is 0 Å². The maximum atomic E-state index is 12.9. The Morgan fingerprint density at radius 1 is 1.11 bits per heavy atom. The van der Waals surface area contributed by atoms with E-state index in [1.54, 1.807) is 22.8 Å². The molecule has 2 fully saturated rings. The fourth-order valence-corrected chi connectivity index (χ4v) is 4.68. The smallest absolute Gasteiger partial charge is 0.323 e. The van der Waals surface area contributed by atoms with Crippen LogP contribution in [0.15, 0.2) is 24.5 Å². The lowest BCUT2D eigenvalue weighted by Gasteiger charge is -2.16. The first-order valence-electron chi connectivity index (χ1n) is 11.8. The van der Waals surface area contributed by atoms with Crippen molar-refractivity contribution in [3.05, 3.63) is 40.4 Å². The minimum atomic E-state index is -0.453. The van der Waals surface area contributed by atoms with Gasteiger partial charge in [0.15, 0.2) is 10.8 Å². The molecule has 186 valence electrons. The molecule has 1 aliphatic carbocycles. The van der Waals surface area contributed by atoms with Crippen LogP contribution in [0.25, 0.3) is 5.65 Å². The third-order valence-electron chi connectivity index (χ3n) is 6.19. The molecular formula is C23H28Cl2N8O2. The molecule has 12 heteroatoms. The Balaban J connectivity index is 1.20. The molecule has 5 rings (SSSR count). The van der Waals surface area contributed by atoms with Crippen LogP contribution in [0.5, 0.6) is 5.88 Å². The second-order valence-corrected chi connectivity index (χ2v) is 9.88. The first kappa shape index (κ1) is 24.1. The number of nitrogens with one attached hydrogen (secondary N) is 2. The molecule has 2 amide bonds. The number of carbonyl (C=O) groups excluding carboxylic acids is 1. The van der Waals surface area contributed by atoms with E-state index >= 15 is 0 Å². The first-order chi connectivity index (χ1) is 17.0. The quantitative estimate of drug-likeness (QED) is 0.363. The van der Waals surface area contributed by atoms with Gasteiger partial charge in [-0.05, 0) is 51.3 Å². The van der Waals surface area contributed by atoms with Gasteiger partial charge in [-0.3, -0.25) is 0 Å². The number of nitrogens with two attached hydrogens (primary N) is 1. The van der Waals surface area contributed by atoms with Crippen molar-refractivity contribution in [2.24, 2.45) is 5.73 Å². The first-order valence-corrected chi connectivity index (χ1v) is 12.6. The van der Waals surface area contributed by atoms with Gasteiger partial charge >= 0.3 is 6.03 Å². The number of rotatable bonds is 9. The molecule has 0 aromatic carbocycles. The summed E-state index contributed by atoms with van der Waals surface area (Å²) in [5.41, 5.74) is 8.46. The molecule has 1 saturated heterocycles. The summed E-state index contributed by atoms with van der Waals surface area (Å²) in [6.07, 6.45) is 8.09. The van der Waals surface area contributed by atoms with Crippen LogP contribution in [0.4, 0.5) is 16.2 Å². The van der Waals surface area contributed by atoms with Crippen LogP contribution in [-0.2, 0) is 0 Å². The lowest BCUT2D eigenvalue weighted by Crippen LogP contribution is -2.27. The lowest BCUT2D eigenvalue weighted by atomic mass is 10.2. The summed E-state index contributed by atoms with van der Waals surface area (Å²) in [5.74, 6) is 0.623. The Kier molecular flexibility index (Phi) is 7.24. The van der Waals surface area contributed by atoms with Gasteiger partial charge in [0.25, 0.3) is 0 Å². The number of likely N-dealkylation sites (tertiary alicyclic amines) is 1. The van der Waals surface area contributed by atoms with Crippen LogP contribution < -0.4 is 21.1 Å². The minimum Gasteiger partial charge on any atom is -0.476 e. The number of amides is 2. The van der Waals surface area contributed by atoms with Crippen LogP contribution in [-0.4, -0.2) is 62.8 Å². The Morgan fingerprint density at radius 2 is 1.94 bits per heavy atom. The van der Waals surface area contributed by atoms with Crippen molar-refractivity contribution in [3.63, 3.8) is 0 Å². The number of halogens is 2. The highest BCUT2D eigenvalue weighted by atomic mass is 35.5. The summed E-state index contributed by atoms with van der Waals surface area (Å²) < 4.78 is 7.56. The van der Waals surface area contributed by atoms with Gasteiger partial charge in [-0.25, -0.2) is 19.3 Å². The summed E-state index contributed by atoms with van der Waals surface area (Å²) in [5, 5.41) is 10.8. The number of fused-ring (bicyclic) bond motifs is 1. The molecule has 3 aromatic rings.